The molecule has 2 heterocycles. The fourth-order valence-electron chi connectivity index (χ4n) is 2.46. The Morgan fingerprint density at radius 2 is 2.00 bits per heavy atom. The van der Waals surface area contributed by atoms with Gasteiger partial charge in [-0.15, -0.1) is 0 Å². The second-order valence-corrected chi connectivity index (χ2v) is 5.68. The first-order chi connectivity index (χ1) is 12.0. The van der Waals surface area contributed by atoms with Gasteiger partial charge in [0.15, 0.2) is 0 Å². The van der Waals surface area contributed by atoms with E-state index < -0.39 is 6.10 Å². The predicted molar refractivity (Wildman–Crippen MR) is 92.6 cm³/mol. The SMILES string of the molecule is CC(=O)Nc1ccc(CN2C(=O)C(C)ON=C2c2ccccn2)cc1. The van der Waals surface area contributed by atoms with Crippen molar-refractivity contribution in [3.05, 3.63) is 59.9 Å². The van der Waals surface area contributed by atoms with Crippen LogP contribution in [0.5, 0.6) is 0 Å². The molecule has 0 saturated carbocycles. The second-order valence-electron chi connectivity index (χ2n) is 5.68. The third-order valence-corrected chi connectivity index (χ3v) is 3.68. The molecule has 0 radical (unpaired) electrons. The Morgan fingerprint density at radius 1 is 1.24 bits per heavy atom. The molecule has 0 aliphatic carbocycles. The molecule has 2 aromatic rings. The maximum atomic E-state index is 12.6. The molecule has 1 aliphatic rings. The van der Waals surface area contributed by atoms with Crippen LogP contribution in [0.2, 0.25) is 0 Å². The molecule has 128 valence electrons. The Hall–Kier alpha value is -3.22. The molecule has 1 aromatic heterocycles. The van der Waals surface area contributed by atoms with Gasteiger partial charge in [0.05, 0.1) is 6.54 Å². The highest BCUT2D eigenvalue weighted by Gasteiger charge is 2.32. The van der Waals surface area contributed by atoms with Crippen LogP contribution in [-0.2, 0) is 21.0 Å². The third-order valence-electron chi connectivity index (χ3n) is 3.68. The van der Waals surface area contributed by atoms with E-state index in [2.05, 4.69) is 15.5 Å². The van der Waals surface area contributed by atoms with E-state index in [0.717, 1.165) is 5.56 Å². The summed E-state index contributed by atoms with van der Waals surface area (Å²) < 4.78 is 0. The number of anilines is 1. The van der Waals surface area contributed by atoms with Gasteiger partial charge in [-0.1, -0.05) is 23.4 Å². The summed E-state index contributed by atoms with van der Waals surface area (Å²) in [6, 6.07) is 12.7. The van der Waals surface area contributed by atoms with Crippen LogP contribution in [-0.4, -0.2) is 33.6 Å². The summed E-state index contributed by atoms with van der Waals surface area (Å²) in [5.74, 6) is 0.0748. The number of pyridine rings is 1. The highest BCUT2D eigenvalue weighted by atomic mass is 16.6. The lowest BCUT2D eigenvalue weighted by Gasteiger charge is -2.29. The Morgan fingerprint density at radius 3 is 2.64 bits per heavy atom. The van der Waals surface area contributed by atoms with E-state index in [-0.39, 0.29) is 11.8 Å². The number of amidine groups is 1. The van der Waals surface area contributed by atoms with E-state index in [1.165, 1.54) is 6.92 Å². The average molecular weight is 338 g/mol. The highest BCUT2D eigenvalue weighted by molar-refractivity contribution is 6.08. The zero-order valence-corrected chi connectivity index (χ0v) is 14.0. The average Bonchev–Trinajstić information content (AvgIpc) is 2.61. The van der Waals surface area contributed by atoms with Gasteiger partial charge in [0.2, 0.25) is 17.8 Å². The summed E-state index contributed by atoms with van der Waals surface area (Å²) in [7, 11) is 0. The van der Waals surface area contributed by atoms with Crippen molar-refractivity contribution in [3.63, 3.8) is 0 Å². The summed E-state index contributed by atoms with van der Waals surface area (Å²) in [5, 5.41) is 6.78. The van der Waals surface area contributed by atoms with Gasteiger partial charge in [-0.25, -0.2) is 0 Å². The molecule has 1 aromatic carbocycles. The van der Waals surface area contributed by atoms with Crippen LogP contribution < -0.4 is 5.32 Å². The van der Waals surface area contributed by atoms with Gasteiger partial charge in [-0.05, 0) is 36.8 Å². The van der Waals surface area contributed by atoms with E-state index >= 15 is 0 Å². The van der Waals surface area contributed by atoms with Crippen LogP contribution in [0.25, 0.3) is 0 Å². The first-order valence-electron chi connectivity index (χ1n) is 7.87. The molecule has 1 atom stereocenters. The highest BCUT2D eigenvalue weighted by Crippen LogP contribution is 2.18. The minimum absolute atomic E-state index is 0.130. The van der Waals surface area contributed by atoms with Crippen molar-refractivity contribution in [1.82, 2.24) is 9.88 Å². The zero-order valence-electron chi connectivity index (χ0n) is 14.0. The molecule has 1 N–H and O–H groups in total. The summed E-state index contributed by atoms with van der Waals surface area (Å²) in [4.78, 5) is 34.7. The Balaban J connectivity index is 1.84. The van der Waals surface area contributed by atoms with Crippen LogP contribution in [0.15, 0.2) is 53.8 Å². The Bertz CT molecular complexity index is 803. The summed E-state index contributed by atoms with van der Waals surface area (Å²) >= 11 is 0. The van der Waals surface area contributed by atoms with E-state index in [0.29, 0.717) is 23.8 Å². The van der Waals surface area contributed by atoms with Crippen molar-refractivity contribution in [2.75, 3.05) is 5.32 Å². The quantitative estimate of drug-likeness (QED) is 0.926. The number of benzene rings is 1. The van der Waals surface area contributed by atoms with Crippen molar-refractivity contribution < 1.29 is 14.4 Å². The molecule has 1 aliphatic heterocycles. The van der Waals surface area contributed by atoms with E-state index in [1.807, 2.05) is 18.2 Å². The van der Waals surface area contributed by atoms with Gasteiger partial charge in [0, 0.05) is 18.8 Å². The van der Waals surface area contributed by atoms with Crippen molar-refractivity contribution in [3.8, 4) is 0 Å². The maximum absolute atomic E-state index is 12.6. The number of carbonyl (C=O) groups excluding carboxylic acids is 2. The van der Waals surface area contributed by atoms with Crippen LogP contribution >= 0.6 is 0 Å². The summed E-state index contributed by atoms with van der Waals surface area (Å²) in [5.41, 5.74) is 2.18. The number of hydrogen-bond donors (Lipinski definition) is 1. The molecule has 0 saturated heterocycles. The second kappa shape index (κ2) is 7.12. The molecular weight excluding hydrogens is 320 g/mol. The van der Waals surface area contributed by atoms with Gasteiger partial charge in [0.1, 0.15) is 5.69 Å². The lowest BCUT2D eigenvalue weighted by molar-refractivity contribution is -0.142. The number of rotatable bonds is 4. The molecule has 0 fully saturated rings. The van der Waals surface area contributed by atoms with Crippen LogP contribution in [0, 0.1) is 0 Å². The van der Waals surface area contributed by atoms with Gasteiger partial charge in [-0.3, -0.25) is 19.5 Å². The van der Waals surface area contributed by atoms with E-state index in [4.69, 9.17) is 4.84 Å². The molecule has 2 amide bonds. The van der Waals surface area contributed by atoms with E-state index in [9.17, 15) is 9.59 Å². The van der Waals surface area contributed by atoms with E-state index in [1.54, 1.807) is 42.3 Å². The van der Waals surface area contributed by atoms with Crippen molar-refractivity contribution in [2.45, 2.75) is 26.5 Å². The normalized spacial score (nSPS) is 16.9. The van der Waals surface area contributed by atoms with Crippen molar-refractivity contribution in [2.24, 2.45) is 5.16 Å². The van der Waals surface area contributed by atoms with Gasteiger partial charge in [0.25, 0.3) is 5.91 Å². The first kappa shape index (κ1) is 16.6. The summed E-state index contributed by atoms with van der Waals surface area (Å²) in [6.45, 7) is 3.45. The number of nitrogens with one attached hydrogen (secondary N) is 1. The number of aromatic nitrogens is 1. The summed E-state index contributed by atoms with van der Waals surface area (Å²) in [6.07, 6.45) is 0.993. The molecule has 1 unspecified atom stereocenters. The smallest absolute Gasteiger partial charge is 0.272 e. The fraction of sp³-hybridized carbons (Fsp3) is 0.222. The number of hydrogen-bond acceptors (Lipinski definition) is 5. The van der Waals surface area contributed by atoms with Crippen molar-refractivity contribution >= 4 is 23.3 Å². The van der Waals surface area contributed by atoms with Gasteiger partial charge < -0.3 is 10.2 Å². The minimum atomic E-state index is -0.647. The van der Waals surface area contributed by atoms with Crippen molar-refractivity contribution in [1.29, 1.82) is 0 Å². The molecule has 0 bridgehead atoms. The first-order valence-corrected chi connectivity index (χ1v) is 7.87. The molecule has 3 rings (SSSR count). The lowest BCUT2D eigenvalue weighted by atomic mass is 10.1. The third kappa shape index (κ3) is 3.82. The number of amides is 2. The predicted octanol–water partition coefficient (Wildman–Crippen LogP) is 2.15. The molecular formula is C18H18N4O3. The molecule has 7 heteroatoms. The van der Waals surface area contributed by atoms with Crippen LogP contribution in [0.4, 0.5) is 5.69 Å². The molecule has 7 nitrogen and oxygen atoms in total. The number of nitrogens with zero attached hydrogens (tertiary/aromatic N) is 3. The Kier molecular flexibility index (Phi) is 4.74. The standard InChI is InChI=1S/C18H18N4O3/c1-12-18(24)22(17(21-25-12)16-5-3-4-10-19-16)11-14-6-8-15(9-7-14)20-13(2)23/h3-10,12H,11H2,1-2H3,(H,20,23). The van der Waals surface area contributed by atoms with Crippen LogP contribution in [0.3, 0.4) is 0 Å². The number of oxime groups is 1. The Labute approximate surface area is 145 Å². The zero-order chi connectivity index (χ0) is 17.8. The topological polar surface area (TPSA) is 83.9 Å². The largest absolute Gasteiger partial charge is 0.381 e. The van der Waals surface area contributed by atoms with Gasteiger partial charge in [-0.2, -0.15) is 0 Å². The van der Waals surface area contributed by atoms with Gasteiger partial charge >= 0.3 is 0 Å². The minimum Gasteiger partial charge on any atom is -0.381 e. The maximum Gasteiger partial charge on any atom is 0.272 e. The fourth-order valence-corrected chi connectivity index (χ4v) is 2.46. The lowest BCUT2D eigenvalue weighted by Crippen LogP contribution is -2.46. The monoisotopic (exact) mass is 338 g/mol. The molecule has 25 heavy (non-hydrogen) atoms. The molecule has 0 spiro atoms. The number of carbonyl (C=O) groups is 2. The van der Waals surface area contributed by atoms with Crippen LogP contribution in [0.1, 0.15) is 25.1 Å².